The number of nitrogens with zero attached hydrogens (tertiary/aromatic N) is 3. The molecule has 3 fully saturated rings. The maximum atomic E-state index is 14.6. The summed E-state index contributed by atoms with van der Waals surface area (Å²) in [6.45, 7) is 11.9. The molecule has 2 bridgehead atoms. The van der Waals surface area contributed by atoms with Crippen molar-refractivity contribution in [3.8, 4) is 0 Å². The first-order chi connectivity index (χ1) is 18.2. The van der Waals surface area contributed by atoms with Crippen LogP contribution in [0.3, 0.4) is 0 Å². The predicted molar refractivity (Wildman–Crippen MR) is 153 cm³/mol. The van der Waals surface area contributed by atoms with E-state index in [1.807, 2.05) is 19.9 Å². The lowest BCUT2D eigenvalue weighted by Crippen LogP contribution is -2.58. The molecule has 1 spiro atoms. The van der Waals surface area contributed by atoms with Crippen LogP contribution in [-0.4, -0.2) is 81.5 Å². The van der Waals surface area contributed by atoms with Gasteiger partial charge in [0.1, 0.15) is 6.04 Å². The van der Waals surface area contributed by atoms with Gasteiger partial charge in [0.05, 0.1) is 39.9 Å². The van der Waals surface area contributed by atoms with Crippen LogP contribution in [-0.2, 0) is 14.4 Å². The van der Waals surface area contributed by atoms with E-state index in [1.165, 1.54) is 0 Å². The molecule has 0 aromatic heterocycles. The Balaban J connectivity index is 1.85. The van der Waals surface area contributed by atoms with Gasteiger partial charge in [-0.1, -0.05) is 56.2 Å². The van der Waals surface area contributed by atoms with E-state index in [2.05, 4.69) is 13.2 Å². The number of likely N-dealkylation sites (tertiary alicyclic amines) is 1. The highest BCUT2D eigenvalue weighted by molar-refractivity contribution is 8.02. The Morgan fingerprint density at radius 2 is 1.95 bits per heavy atom. The topological polar surface area (TPSA) is 81.2 Å². The van der Waals surface area contributed by atoms with Gasteiger partial charge in [-0.15, -0.1) is 24.9 Å². The molecular weight excluding hydrogens is 522 g/mol. The number of carbonyl (C=O) groups is 3. The van der Waals surface area contributed by atoms with E-state index < -0.39 is 28.7 Å². The third-order valence-electron chi connectivity index (χ3n) is 8.60. The Hall–Kier alpha value is -2.29. The molecule has 7 nitrogen and oxygen atoms in total. The minimum absolute atomic E-state index is 0.0366. The summed E-state index contributed by atoms with van der Waals surface area (Å²) in [7, 11) is 1.73. The van der Waals surface area contributed by atoms with Crippen LogP contribution in [0, 0.1) is 17.8 Å². The van der Waals surface area contributed by atoms with E-state index in [-0.39, 0.29) is 42.0 Å². The summed E-state index contributed by atoms with van der Waals surface area (Å²) in [6, 6.07) is 5.76. The number of para-hydroxylation sites is 1. The van der Waals surface area contributed by atoms with Crippen LogP contribution < -0.4 is 4.90 Å². The van der Waals surface area contributed by atoms with Crippen molar-refractivity contribution in [2.24, 2.45) is 17.8 Å². The molecule has 0 radical (unpaired) electrons. The maximum Gasteiger partial charge on any atom is 0.251 e. The van der Waals surface area contributed by atoms with Gasteiger partial charge in [-0.05, 0) is 30.9 Å². The van der Waals surface area contributed by atoms with Crippen molar-refractivity contribution in [1.29, 1.82) is 0 Å². The van der Waals surface area contributed by atoms with E-state index in [0.29, 0.717) is 23.7 Å². The van der Waals surface area contributed by atoms with Crippen molar-refractivity contribution < 1.29 is 19.5 Å². The average Bonchev–Trinajstić information content (AvgIpc) is 3.55. The van der Waals surface area contributed by atoms with Crippen molar-refractivity contribution in [3.63, 3.8) is 0 Å². The van der Waals surface area contributed by atoms with Crippen LogP contribution in [0.4, 0.5) is 5.69 Å². The zero-order valence-electron chi connectivity index (χ0n) is 22.4. The Kier molecular flexibility index (Phi) is 8.65. The van der Waals surface area contributed by atoms with Gasteiger partial charge in [-0.25, -0.2) is 0 Å². The lowest BCUT2D eigenvalue weighted by atomic mass is 9.70. The van der Waals surface area contributed by atoms with Crippen LogP contribution in [0.1, 0.15) is 33.1 Å². The fourth-order valence-electron chi connectivity index (χ4n) is 6.62. The molecule has 1 aromatic rings. The molecule has 9 heteroatoms. The Labute approximate surface area is 234 Å². The molecule has 2 unspecified atom stereocenters. The van der Waals surface area contributed by atoms with Crippen LogP contribution >= 0.6 is 23.4 Å². The third-order valence-corrected chi connectivity index (χ3v) is 10.9. The van der Waals surface area contributed by atoms with Gasteiger partial charge in [0.25, 0.3) is 5.91 Å². The van der Waals surface area contributed by atoms with E-state index in [1.54, 1.807) is 63.9 Å². The van der Waals surface area contributed by atoms with Gasteiger partial charge in [-0.3, -0.25) is 14.4 Å². The fourth-order valence-corrected chi connectivity index (χ4v) is 9.05. The Morgan fingerprint density at radius 1 is 1.26 bits per heavy atom. The monoisotopic (exact) mass is 559 g/mol. The number of carbonyl (C=O) groups excluding carboxylic acids is 3. The van der Waals surface area contributed by atoms with Crippen molar-refractivity contribution in [3.05, 3.63) is 54.6 Å². The van der Waals surface area contributed by atoms with Crippen LogP contribution in [0.2, 0.25) is 5.02 Å². The van der Waals surface area contributed by atoms with Crippen molar-refractivity contribution in [2.75, 3.05) is 31.6 Å². The zero-order chi connectivity index (χ0) is 27.8. The molecule has 3 heterocycles. The largest absolute Gasteiger partial charge is 0.394 e. The normalized spacial score (nSPS) is 29.1. The minimum atomic E-state index is -0.833. The number of rotatable bonds is 11. The zero-order valence-corrected chi connectivity index (χ0v) is 24.0. The molecule has 3 aliphatic rings. The number of fused-ring (bicyclic) bond motifs is 1. The Bertz CT molecular complexity index is 1120. The van der Waals surface area contributed by atoms with Crippen molar-refractivity contribution in [1.82, 2.24) is 9.80 Å². The molecule has 7 atom stereocenters. The number of hydrogen-bond acceptors (Lipinski definition) is 5. The Morgan fingerprint density at radius 3 is 2.55 bits per heavy atom. The highest BCUT2D eigenvalue weighted by Gasteiger charge is 2.74. The van der Waals surface area contributed by atoms with E-state index in [4.69, 9.17) is 11.6 Å². The second-order valence-corrected chi connectivity index (χ2v) is 12.6. The lowest BCUT2D eigenvalue weighted by molar-refractivity contribution is -0.145. The highest BCUT2D eigenvalue weighted by atomic mass is 35.5. The minimum Gasteiger partial charge on any atom is -0.394 e. The van der Waals surface area contributed by atoms with Gasteiger partial charge in [0.2, 0.25) is 11.8 Å². The molecule has 1 aromatic carbocycles. The SMILES string of the molecule is C=CCN(C)C(=O)[C@@H]1[C@@H]2CCC3(S2)C(C(=O)N(CC=C)c2ccccc2Cl)N([C@@H](CO)[C@@H](C)CC)C(=O)[C@H]13. The summed E-state index contributed by atoms with van der Waals surface area (Å²) in [5.74, 6) is -1.74. The standard InChI is InChI=1S/C29H38ClN3O4S/c1-6-15-31(5)26(35)23-22-13-14-29(38-22)24(23)27(36)33(21(17-34)18(4)8-3)25(29)28(37)32(16-7-2)20-12-10-9-11-19(20)30/h6-7,9-12,18,21-25,34H,1-2,8,13-17H2,3-5H3/t18-,21-,22-,23+,24-,25?,29?/m0/s1. The second-order valence-electron chi connectivity index (χ2n) is 10.6. The molecule has 3 amide bonds. The molecular formula is C29H38ClN3O4S. The first kappa shape index (κ1) is 28.7. The number of halogens is 1. The van der Waals surface area contributed by atoms with Gasteiger partial charge < -0.3 is 19.8 Å². The number of thioether (sulfide) groups is 1. The van der Waals surface area contributed by atoms with E-state index in [0.717, 1.165) is 12.8 Å². The molecule has 38 heavy (non-hydrogen) atoms. The number of anilines is 1. The average molecular weight is 560 g/mol. The van der Waals surface area contributed by atoms with Crippen LogP contribution in [0.5, 0.6) is 0 Å². The predicted octanol–water partition coefficient (Wildman–Crippen LogP) is 4.00. The first-order valence-corrected chi connectivity index (χ1v) is 14.6. The molecule has 206 valence electrons. The second kappa shape index (κ2) is 11.4. The summed E-state index contributed by atoms with van der Waals surface area (Å²) in [5, 5.41) is 10.9. The molecule has 1 N–H and O–H groups in total. The summed E-state index contributed by atoms with van der Waals surface area (Å²) < 4.78 is -0.754. The van der Waals surface area contributed by atoms with E-state index in [9.17, 15) is 19.5 Å². The summed E-state index contributed by atoms with van der Waals surface area (Å²) in [4.78, 5) is 47.5. The summed E-state index contributed by atoms with van der Waals surface area (Å²) >= 11 is 8.16. The number of aliphatic hydroxyl groups is 1. The number of amides is 3. The maximum absolute atomic E-state index is 14.6. The number of hydrogen-bond donors (Lipinski definition) is 1. The smallest absolute Gasteiger partial charge is 0.251 e. The summed E-state index contributed by atoms with van der Waals surface area (Å²) in [6.07, 6.45) is 5.46. The third kappa shape index (κ3) is 4.48. The van der Waals surface area contributed by atoms with Gasteiger partial charge in [-0.2, -0.15) is 0 Å². The van der Waals surface area contributed by atoms with Crippen molar-refractivity contribution >= 4 is 46.8 Å². The van der Waals surface area contributed by atoms with Crippen LogP contribution in [0.15, 0.2) is 49.6 Å². The molecule has 0 aliphatic carbocycles. The quantitative estimate of drug-likeness (QED) is 0.414. The van der Waals surface area contributed by atoms with Crippen LogP contribution in [0.25, 0.3) is 0 Å². The van der Waals surface area contributed by atoms with E-state index >= 15 is 0 Å². The molecule has 3 saturated heterocycles. The molecule has 3 aliphatic heterocycles. The molecule has 0 saturated carbocycles. The number of benzene rings is 1. The highest BCUT2D eigenvalue weighted by Crippen LogP contribution is 2.67. The van der Waals surface area contributed by atoms with Gasteiger partial charge >= 0.3 is 0 Å². The summed E-state index contributed by atoms with van der Waals surface area (Å²) in [5.41, 5.74) is 0.547. The molecule has 4 rings (SSSR count). The lowest BCUT2D eigenvalue weighted by Gasteiger charge is -2.41. The fraction of sp³-hybridized carbons (Fsp3) is 0.552. The van der Waals surface area contributed by atoms with Gasteiger partial charge in [0.15, 0.2) is 0 Å². The number of aliphatic hydroxyl groups excluding tert-OH is 1. The van der Waals surface area contributed by atoms with Crippen molar-refractivity contribution in [2.45, 2.75) is 55.2 Å². The first-order valence-electron chi connectivity index (χ1n) is 13.3. The number of likely N-dealkylation sites (N-methyl/N-ethyl adjacent to an activating group) is 1. The van der Waals surface area contributed by atoms with Gasteiger partial charge in [0, 0.05) is 25.4 Å².